The smallest absolute Gasteiger partial charge is 0.161 e. The van der Waals surface area contributed by atoms with E-state index in [1.807, 2.05) is 24.4 Å². The number of methoxy groups -OCH3 is 1. The van der Waals surface area contributed by atoms with Crippen molar-refractivity contribution in [3.63, 3.8) is 0 Å². The Labute approximate surface area is 158 Å². The van der Waals surface area contributed by atoms with Crippen molar-refractivity contribution in [3.8, 4) is 11.5 Å². The summed E-state index contributed by atoms with van der Waals surface area (Å²) in [7, 11) is 1.66. The van der Waals surface area contributed by atoms with E-state index in [9.17, 15) is 0 Å². The monoisotopic (exact) mass is 353 g/mol. The molecule has 0 aliphatic carbocycles. The molecule has 0 N–H and O–H groups in total. The van der Waals surface area contributed by atoms with Crippen LogP contribution in [0.25, 0.3) is 0 Å². The zero-order valence-electron chi connectivity index (χ0n) is 16.9. The van der Waals surface area contributed by atoms with Gasteiger partial charge in [-0.3, -0.25) is 4.99 Å². The molecule has 0 unspecified atom stereocenters. The van der Waals surface area contributed by atoms with E-state index < -0.39 is 0 Å². The van der Waals surface area contributed by atoms with Gasteiger partial charge in [0.2, 0.25) is 0 Å². The Hall–Kier alpha value is -2.29. The molecule has 0 aromatic heterocycles. The van der Waals surface area contributed by atoms with Crippen LogP contribution in [0.1, 0.15) is 52.2 Å². The number of aliphatic imine (C=N–C) groups is 1. The van der Waals surface area contributed by atoms with Gasteiger partial charge in [-0.15, -0.1) is 0 Å². The Balaban J connectivity index is 2.08. The van der Waals surface area contributed by atoms with Gasteiger partial charge in [-0.05, 0) is 59.2 Å². The van der Waals surface area contributed by atoms with Gasteiger partial charge in [0, 0.05) is 6.21 Å². The van der Waals surface area contributed by atoms with Crippen LogP contribution in [-0.2, 0) is 5.41 Å². The minimum atomic E-state index is 0.154. The second-order valence-corrected chi connectivity index (χ2v) is 8.00. The third kappa shape index (κ3) is 5.91. The van der Waals surface area contributed by atoms with Crippen LogP contribution in [0, 0.1) is 5.92 Å². The zero-order valence-corrected chi connectivity index (χ0v) is 16.9. The van der Waals surface area contributed by atoms with E-state index in [0.29, 0.717) is 12.5 Å². The summed E-state index contributed by atoms with van der Waals surface area (Å²) < 4.78 is 11.3. The van der Waals surface area contributed by atoms with Crippen molar-refractivity contribution >= 4 is 11.9 Å². The SMILES string of the molecule is COc1cc(C=Nc2ccc(C(C)(C)C)cc2)ccc1OCCC(C)C. The lowest BCUT2D eigenvalue weighted by molar-refractivity contribution is 0.273. The topological polar surface area (TPSA) is 30.8 Å². The Morgan fingerprint density at radius 2 is 1.69 bits per heavy atom. The minimum Gasteiger partial charge on any atom is -0.493 e. The fourth-order valence-corrected chi connectivity index (χ4v) is 2.48. The van der Waals surface area contributed by atoms with Gasteiger partial charge in [-0.2, -0.15) is 0 Å². The lowest BCUT2D eigenvalue weighted by Gasteiger charge is -2.18. The van der Waals surface area contributed by atoms with Crippen molar-refractivity contribution in [1.82, 2.24) is 0 Å². The van der Waals surface area contributed by atoms with E-state index in [2.05, 4.69) is 63.9 Å². The van der Waals surface area contributed by atoms with Gasteiger partial charge in [0.1, 0.15) is 0 Å². The molecule has 0 aliphatic rings. The van der Waals surface area contributed by atoms with Crippen LogP contribution in [-0.4, -0.2) is 19.9 Å². The van der Waals surface area contributed by atoms with E-state index in [1.54, 1.807) is 7.11 Å². The molecule has 0 fully saturated rings. The molecule has 0 spiro atoms. The summed E-state index contributed by atoms with van der Waals surface area (Å²) in [5, 5.41) is 0. The second kappa shape index (κ2) is 8.88. The first-order valence-electron chi connectivity index (χ1n) is 9.25. The first-order valence-corrected chi connectivity index (χ1v) is 9.25. The van der Waals surface area contributed by atoms with Crippen LogP contribution in [0.4, 0.5) is 5.69 Å². The van der Waals surface area contributed by atoms with E-state index in [4.69, 9.17) is 9.47 Å². The molecule has 140 valence electrons. The van der Waals surface area contributed by atoms with Crippen LogP contribution in [0.3, 0.4) is 0 Å². The van der Waals surface area contributed by atoms with E-state index >= 15 is 0 Å². The number of nitrogens with zero attached hydrogens (tertiary/aromatic N) is 1. The minimum absolute atomic E-state index is 0.154. The van der Waals surface area contributed by atoms with Crippen LogP contribution >= 0.6 is 0 Å². The zero-order chi connectivity index (χ0) is 19.2. The summed E-state index contributed by atoms with van der Waals surface area (Å²) >= 11 is 0. The summed E-state index contributed by atoms with van der Waals surface area (Å²) in [6, 6.07) is 14.3. The summed E-state index contributed by atoms with van der Waals surface area (Å²) in [5.74, 6) is 2.14. The van der Waals surface area contributed by atoms with Gasteiger partial charge in [0.15, 0.2) is 11.5 Å². The Morgan fingerprint density at radius 3 is 2.27 bits per heavy atom. The van der Waals surface area contributed by atoms with Gasteiger partial charge < -0.3 is 9.47 Å². The maximum Gasteiger partial charge on any atom is 0.161 e. The maximum absolute atomic E-state index is 5.83. The molecule has 0 bridgehead atoms. The highest BCUT2D eigenvalue weighted by molar-refractivity contribution is 5.83. The van der Waals surface area contributed by atoms with Gasteiger partial charge in [-0.1, -0.05) is 46.8 Å². The molecule has 0 aliphatic heterocycles. The largest absolute Gasteiger partial charge is 0.493 e. The van der Waals surface area contributed by atoms with Gasteiger partial charge in [-0.25, -0.2) is 0 Å². The second-order valence-electron chi connectivity index (χ2n) is 8.00. The molecule has 0 radical (unpaired) electrons. The molecule has 2 aromatic carbocycles. The average molecular weight is 354 g/mol. The molecule has 0 saturated carbocycles. The summed E-state index contributed by atoms with van der Waals surface area (Å²) in [4.78, 5) is 4.57. The first-order chi connectivity index (χ1) is 12.3. The van der Waals surface area contributed by atoms with Crippen LogP contribution in [0.2, 0.25) is 0 Å². The highest BCUT2D eigenvalue weighted by Crippen LogP contribution is 2.28. The molecule has 0 atom stereocenters. The molecule has 26 heavy (non-hydrogen) atoms. The van der Waals surface area contributed by atoms with Gasteiger partial charge >= 0.3 is 0 Å². The van der Waals surface area contributed by atoms with Crippen LogP contribution < -0.4 is 9.47 Å². The highest BCUT2D eigenvalue weighted by atomic mass is 16.5. The third-order valence-electron chi connectivity index (χ3n) is 4.24. The molecular formula is C23H31NO2. The normalized spacial score (nSPS) is 12.0. The number of hydrogen-bond donors (Lipinski definition) is 0. The Bertz CT molecular complexity index is 725. The fourth-order valence-electron chi connectivity index (χ4n) is 2.48. The molecule has 0 heterocycles. The molecular weight excluding hydrogens is 322 g/mol. The number of hydrogen-bond acceptors (Lipinski definition) is 3. The number of rotatable bonds is 7. The van der Waals surface area contributed by atoms with Crippen molar-refractivity contribution in [2.45, 2.75) is 46.5 Å². The number of benzene rings is 2. The van der Waals surface area contributed by atoms with Crippen molar-refractivity contribution in [3.05, 3.63) is 53.6 Å². The predicted octanol–water partition coefficient (Wildman–Crippen LogP) is 6.17. The van der Waals surface area contributed by atoms with Crippen LogP contribution in [0.5, 0.6) is 11.5 Å². The first kappa shape index (κ1) is 20.0. The predicted molar refractivity (Wildman–Crippen MR) is 110 cm³/mol. The summed E-state index contributed by atoms with van der Waals surface area (Å²) in [6.07, 6.45) is 2.88. The molecule has 3 nitrogen and oxygen atoms in total. The fraction of sp³-hybridized carbons (Fsp3) is 0.435. The van der Waals surface area contributed by atoms with E-state index in [0.717, 1.165) is 29.2 Å². The molecule has 2 rings (SSSR count). The van der Waals surface area contributed by atoms with Crippen LogP contribution in [0.15, 0.2) is 47.5 Å². The number of ether oxygens (including phenoxy) is 2. The lowest BCUT2D eigenvalue weighted by atomic mass is 9.87. The van der Waals surface area contributed by atoms with Crippen molar-refractivity contribution < 1.29 is 9.47 Å². The summed E-state index contributed by atoms with van der Waals surface area (Å²) in [5.41, 5.74) is 3.38. The molecule has 3 heteroatoms. The van der Waals surface area contributed by atoms with Crippen molar-refractivity contribution in [2.75, 3.05) is 13.7 Å². The average Bonchev–Trinajstić information content (AvgIpc) is 2.60. The summed E-state index contributed by atoms with van der Waals surface area (Å²) in [6.45, 7) is 11.7. The van der Waals surface area contributed by atoms with Gasteiger partial charge in [0.25, 0.3) is 0 Å². The molecule has 0 amide bonds. The van der Waals surface area contributed by atoms with E-state index in [-0.39, 0.29) is 5.41 Å². The quantitative estimate of drug-likeness (QED) is 0.557. The third-order valence-corrected chi connectivity index (χ3v) is 4.24. The maximum atomic E-state index is 5.83. The lowest BCUT2D eigenvalue weighted by Crippen LogP contribution is -2.10. The van der Waals surface area contributed by atoms with E-state index in [1.165, 1.54) is 5.56 Å². The standard InChI is InChI=1S/C23H31NO2/c1-17(2)13-14-26-21-12-7-18(15-22(21)25-6)16-24-20-10-8-19(9-11-20)23(3,4)5/h7-12,15-17H,13-14H2,1-6H3. The Morgan fingerprint density at radius 1 is 1.00 bits per heavy atom. The highest BCUT2D eigenvalue weighted by Gasteiger charge is 2.12. The van der Waals surface area contributed by atoms with Crippen molar-refractivity contribution in [1.29, 1.82) is 0 Å². The molecule has 0 saturated heterocycles. The van der Waals surface area contributed by atoms with Gasteiger partial charge in [0.05, 0.1) is 19.4 Å². The Kier molecular flexibility index (Phi) is 6.84. The van der Waals surface area contributed by atoms with Crippen molar-refractivity contribution in [2.24, 2.45) is 10.9 Å². The molecule has 2 aromatic rings.